The van der Waals surface area contributed by atoms with Gasteiger partial charge in [0.1, 0.15) is 24.3 Å². The van der Waals surface area contributed by atoms with Crippen molar-refractivity contribution in [3.05, 3.63) is 26.4 Å². The van der Waals surface area contributed by atoms with Crippen LogP contribution in [0.25, 0.3) is 0 Å². The van der Waals surface area contributed by atoms with Crippen LogP contribution < -0.4 is 17.0 Å². The van der Waals surface area contributed by atoms with Crippen LogP contribution in [0.15, 0.2) is 9.59 Å². The van der Waals surface area contributed by atoms with Gasteiger partial charge in [0.15, 0.2) is 0 Å². The topological polar surface area (TPSA) is 202 Å². The molecule has 1 aliphatic heterocycles. The average molecular weight is 501 g/mol. The first-order valence-electron chi connectivity index (χ1n) is 9.73. The molecule has 3 unspecified atom stereocenters. The number of aromatic amines is 1. The molecule has 0 spiro atoms. The number of hydrogen-bond acceptors (Lipinski definition) is 10. The van der Waals surface area contributed by atoms with Gasteiger partial charge in [-0.25, -0.2) is 18.5 Å². The first-order chi connectivity index (χ1) is 14.6. The molecule has 1 aliphatic rings. The fourth-order valence-corrected chi connectivity index (χ4v) is 5.04. The van der Waals surface area contributed by atoms with E-state index in [1.54, 1.807) is 0 Å². The van der Waals surface area contributed by atoms with Crippen molar-refractivity contribution < 1.29 is 41.7 Å². The van der Waals surface area contributed by atoms with Crippen LogP contribution in [0.4, 0.5) is 5.82 Å². The van der Waals surface area contributed by atoms with Crippen LogP contribution in [0.1, 0.15) is 45.9 Å². The van der Waals surface area contributed by atoms with Crippen molar-refractivity contribution >= 4 is 21.5 Å². The van der Waals surface area contributed by atoms with Crippen molar-refractivity contribution in [2.75, 3.05) is 12.3 Å². The molecule has 0 radical (unpaired) electrons. The zero-order valence-electron chi connectivity index (χ0n) is 18.3. The molecule has 14 nitrogen and oxygen atoms in total. The highest BCUT2D eigenvalue weighted by molar-refractivity contribution is 7.47. The molecule has 184 valence electrons. The molecule has 0 saturated carbocycles. The second-order valence-corrected chi connectivity index (χ2v) is 10.5. The lowest BCUT2D eigenvalue weighted by molar-refractivity contribution is -0.0494. The standard InChI is InChI=1S/C16H29N3O11P2/c1-8(2)28-31(22,23)26-7-12-11(30-32(24,25)29-9(3)4)6-13(27-12)19-15(20)10(5)14(17)18-16(19)21/h8-9,11-13H,6-7,17H2,1-5H3,(H,18,21)(H,22,23)(H,24,25)/t11?,12-,13-/m1/s1. The maximum Gasteiger partial charge on any atom is 0.472 e. The summed E-state index contributed by atoms with van der Waals surface area (Å²) in [7, 11) is -9.05. The molecule has 16 heteroatoms. The Morgan fingerprint density at radius 3 is 2.28 bits per heavy atom. The minimum atomic E-state index is -4.57. The molecule has 32 heavy (non-hydrogen) atoms. The molecule has 1 saturated heterocycles. The van der Waals surface area contributed by atoms with Crippen LogP contribution >= 0.6 is 15.6 Å². The van der Waals surface area contributed by atoms with E-state index >= 15 is 0 Å². The molecule has 5 atom stereocenters. The van der Waals surface area contributed by atoms with E-state index in [9.17, 15) is 28.5 Å². The van der Waals surface area contributed by atoms with Crippen molar-refractivity contribution in [1.29, 1.82) is 0 Å². The van der Waals surface area contributed by atoms with Gasteiger partial charge in [-0.15, -0.1) is 0 Å². The van der Waals surface area contributed by atoms with Crippen LogP contribution in [0, 0.1) is 6.92 Å². The van der Waals surface area contributed by atoms with Gasteiger partial charge in [-0.1, -0.05) is 0 Å². The van der Waals surface area contributed by atoms with Crippen molar-refractivity contribution in [3.8, 4) is 0 Å². The van der Waals surface area contributed by atoms with Gasteiger partial charge in [0.2, 0.25) is 0 Å². The third-order valence-corrected chi connectivity index (χ3v) is 6.62. The molecule has 2 rings (SSSR count). The predicted octanol–water partition coefficient (Wildman–Crippen LogP) is 1.17. The summed E-state index contributed by atoms with van der Waals surface area (Å²) in [4.78, 5) is 47.0. The zero-order chi connectivity index (χ0) is 24.4. The summed E-state index contributed by atoms with van der Waals surface area (Å²) in [6, 6.07) is 0. The number of rotatable bonds is 10. The Morgan fingerprint density at radius 1 is 1.16 bits per heavy atom. The zero-order valence-corrected chi connectivity index (χ0v) is 20.1. The number of H-pyrrole nitrogens is 1. The minimum absolute atomic E-state index is 0.0616. The van der Waals surface area contributed by atoms with Gasteiger partial charge in [-0.3, -0.25) is 27.9 Å². The number of aromatic nitrogens is 2. The Hall–Kier alpha value is -1.34. The SMILES string of the molecule is Cc1c(N)[nH]c(=O)n([C@H]2CC(OP(=O)(O)OC(C)C)[C@@H](COP(=O)(O)OC(C)C)O2)c1=O. The monoisotopic (exact) mass is 501 g/mol. The van der Waals surface area contributed by atoms with Gasteiger partial charge >= 0.3 is 21.3 Å². The van der Waals surface area contributed by atoms with Crippen LogP contribution in [0.3, 0.4) is 0 Å². The third kappa shape index (κ3) is 7.08. The summed E-state index contributed by atoms with van der Waals surface area (Å²) < 4.78 is 50.5. The van der Waals surface area contributed by atoms with E-state index in [0.29, 0.717) is 0 Å². The fourth-order valence-electron chi connectivity index (χ4n) is 2.96. The van der Waals surface area contributed by atoms with Crippen molar-refractivity contribution in [1.82, 2.24) is 9.55 Å². The van der Waals surface area contributed by atoms with Gasteiger partial charge in [0, 0.05) is 6.42 Å². The molecule has 0 aliphatic carbocycles. The number of hydrogen-bond donors (Lipinski definition) is 4. The normalized spacial score (nSPS) is 25.2. The third-order valence-electron chi connectivity index (χ3n) is 4.23. The first kappa shape index (κ1) is 26.9. The molecule has 0 amide bonds. The number of ether oxygens (including phenoxy) is 1. The summed E-state index contributed by atoms with van der Waals surface area (Å²) in [6.45, 7) is 6.87. The van der Waals surface area contributed by atoms with Crippen LogP contribution in [-0.4, -0.2) is 50.4 Å². The van der Waals surface area contributed by atoms with Crippen LogP contribution in [-0.2, 0) is 32.0 Å². The lowest BCUT2D eigenvalue weighted by Crippen LogP contribution is -2.40. The van der Waals surface area contributed by atoms with Gasteiger partial charge in [0.05, 0.1) is 24.4 Å². The minimum Gasteiger partial charge on any atom is -0.385 e. The van der Waals surface area contributed by atoms with Gasteiger partial charge < -0.3 is 20.3 Å². The number of nitrogens with zero attached hydrogens (tertiary/aromatic N) is 1. The average Bonchev–Trinajstić information content (AvgIpc) is 2.97. The number of anilines is 1. The Labute approximate surface area is 183 Å². The Balaban J connectivity index is 2.32. The maximum absolute atomic E-state index is 12.6. The summed E-state index contributed by atoms with van der Waals surface area (Å²) in [6.07, 6.45) is -5.22. The molecule has 0 bridgehead atoms. The summed E-state index contributed by atoms with van der Waals surface area (Å²) in [5.41, 5.74) is 4.05. The van der Waals surface area contributed by atoms with Crippen molar-refractivity contribution in [2.45, 2.75) is 71.7 Å². The Bertz CT molecular complexity index is 1020. The van der Waals surface area contributed by atoms with Crippen LogP contribution in [0.2, 0.25) is 0 Å². The lowest BCUT2D eigenvalue weighted by atomic mass is 10.2. The molecule has 2 heterocycles. The molecule has 5 N–H and O–H groups in total. The highest BCUT2D eigenvalue weighted by Gasteiger charge is 2.44. The summed E-state index contributed by atoms with van der Waals surface area (Å²) in [5.74, 6) is -0.112. The highest BCUT2D eigenvalue weighted by atomic mass is 31.2. The van der Waals surface area contributed by atoms with E-state index in [1.165, 1.54) is 34.6 Å². The highest BCUT2D eigenvalue weighted by Crippen LogP contribution is 2.50. The number of phosphoric acid groups is 2. The van der Waals surface area contributed by atoms with Crippen molar-refractivity contribution in [2.24, 2.45) is 0 Å². The Morgan fingerprint density at radius 2 is 1.72 bits per heavy atom. The van der Waals surface area contributed by atoms with Crippen molar-refractivity contribution in [3.63, 3.8) is 0 Å². The first-order valence-corrected chi connectivity index (χ1v) is 12.7. The second kappa shape index (κ2) is 10.3. The predicted molar refractivity (Wildman–Crippen MR) is 112 cm³/mol. The van der Waals surface area contributed by atoms with E-state index in [0.717, 1.165) is 4.57 Å². The van der Waals surface area contributed by atoms with Gasteiger partial charge in [0.25, 0.3) is 5.56 Å². The molecular formula is C16H29N3O11P2. The molecular weight excluding hydrogens is 472 g/mol. The quantitative estimate of drug-likeness (QED) is 0.334. The lowest BCUT2D eigenvalue weighted by Gasteiger charge is -2.23. The smallest absolute Gasteiger partial charge is 0.385 e. The Kier molecular flexibility index (Phi) is 8.65. The number of nitrogen functional groups attached to an aromatic ring is 1. The van der Waals surface area contributed by atoms with Gasteiger partial charge in [-0.2, -0.15) is 0 Å². The largest absolute Gasteiger partial charge is 0.472 e. The van der Waals surface area contributed by atoms with E-state index in [4.69, 9.17) is 28.6 Å². The maximum atomic E-state index is 12.6. The van der Waals surface area contributed by atoms with E-state index < -0.39 is 64.1 Å². The summed E-state index contributed by atoms with van der Waals surface area (Å²) >= 11 is 0. The number of nitrogens with one attached hydrogen (secondary N) is 1. The molecule has 1 aromatic rings. The van der Waals surface area contributed by atoms with E-state index in [1.807, 2.05) is 0 Å². The number of nitrogens with two attached hydrogens (primary N) is 1. The second-order valence-electron chi connectivity index (χ2n) is 7.69. The number of phosphoric ester groups is 2. The fraction of sp³-hybridized carbons (Fsp3) is 0.750. The molecule has 0 aromatic carbocycles. The van der Waals surface area contributed by atoms with E-state index in [-0.39, 0.29) is 17.8 Å². The van der Waals surface area contributed by atoms with Gasteiger partial charge in [-0.05, 0) is 34.6 Å². The van der Waals surface area contributed by atoms with E-state index in [2.05, 4.69) is 4.98 Å². The molecule has 1 fully saturated rings. The summed E-state index contributed by atoms with van der Waals surface area (Å²) in [5, 5.41) is 0. The van der Waals surface area contributed by atoms with Crippen LogP contribution in [0.5, 0.6) is 0 Å². The molecule has 1 aromatic heterocycles.